The fraction of sp³-hybridized carbons (Fsp3) is 0.417. The number of amides is 2. The van der Waals surface area contributed by atoms with Gasteiger partial charge in [-0.1, -0.05) is 45.0 Å². The Morgan fingerprint density at radius 1 is 1.03 bits per heavy atom. The van der Waals surface area contributed by atoms with Gasteiger partial charge < -0.3 is 5.32 Å². The molecule has 2 amide bonds. The number of nitrogens with zero attached hydrogens (tertiary/aromatic N) is 2. The van der Waals surface area contributed by atoms with Crippen molar-refractivity contribution in [1.82, 2.24) is 9.62 Å². The SMILES string of the molecule is CCc1ccc(CNC(=O)[C@@H]2Cc3cc(S(=O)(=O)N(CC)CC)ccc3N2C(C)=O)cc1. The summed E-state index contributed by atoms with van der Waals surface area (Å²) in [5.41, 5.74) is 3.47. The normalized spacial score (nSPS) is 15.7. The summed E-state index contributed by atoms with van der Waals surface area (Å²) in [5.74, 6) is -0.514. The lowest BCUT2D eigenvalue weighted by atomic mass is 10.1. The van der Waals surface area contributed by atoms with Gasteiger partial charge >= 0.3 is 0 Å². The highest BCUT2D eigenvalue weighted by Crippen LogP contribution is 2.35. The van der Waals surface area contributed by atoms with Gasteiger partial charge in [0.15, 0.2) is 0 Å². The average molecular weight is 458 g/mol. The molecule has 0 radical (unpaired) electrons. The second-order valence-electron chi connectivity index (χ2n) is 7.88. The van der Waals surface area contributed by atoms with Crippen molar-refractivity contribution in [3.05, 3.63) is 59.2 Å². The van der Waals surface area contributed by atoms with E-state index >= 15 is 0 Å². The van der Waals surface area contributed by atoms with Crippen molar-refractivity contribution in [2.24, 2.45) is 0 Å². The molecule has 32 heavy (non-hydrogen) atoms. The van der Waals surface area contributed by atoms with Crippen LogP contribution in [0.25, 0.3) is 0 Å². The minimum absolute atomic E-state index is 0.181. The molecule has 7 nitrogen and oxygen atoms in total. The summed E-state index contributed by atoms with van der Waals surface area (Å²) < 4.78 is 27.2. The third kappa shape index (κ3) is 4.71. The molecule has 0 fully saturated rings. The van der Waals surface area contributed by atoms with Crippen LogP contribution in [-0.2, 0) is 39.0 Å². The third-order valence-electron chi connectivity index (χ3n) is 5.92. The van der Waals surface area contributed by atoms with Crippen LogP contribution in [0.15, 0.2) is 47.4 Å². The number of benzene rings is 2. The maximum absolute atomic E-state index is 13.0. The van der Waals surface area contributed by atoms with Crippen molar-refractivity contribution in [2.45, 2.75) is 58.0 Å². The Balaban J connectivity index is 1.81. The van der Waals surface area contributed by atoms with Crippen molar-refractivity contribution >= 4 is 27.5 Å². The van der Waals surface area contributed by atoms with Crippen LogP contribution in [0.3, 0.4) is 0 Å². The van der Waals surface area contributed by atoms with Gasteiger partial charge in [0, 0.05) is 38.7 Å². The second kappa shape index (κ2) is 9.83. The highest BCUT2D eigenvalue weighted by molar-refractivity contribution is 7.89. The highest BCUT2D eigenvalue weighted by Gasteiger charge is 2.37. The lowest BCUT2D eigenvalue weighted by molar-refractivity contribution is -0.125. The first-order chi connectivity index (χ1) is 15.2. The molecule has 2 aromatic carbocycles. The molecule has 0 unspecified atom stereocenters. The number of fused-ring (bicyclic) bond motifs is 1. The maximum Gasteiger partial charge on any atom is 0.243 e. The van der Waals surface area contributed by atoms with E-state index in [9.17, 15) is 18.0 Å². The molecule has 172 valence electrons. The molecular formula is C24H31N3O4S. The second-order valence-corrected chi connectivity index (χ2v) is 9.81. The number of anilines is 1. The minimum Gasteiger partial charge on any atom is -0.350 e. The van der Waals surface area contributed by atoms with Crippen LogP contribution < -0.4 is 10.2 Å². The number of sulfonamides is 1. The average Bonchev–Trinajstić information content (AvgIpc) is 3.17. The Bertz CT molecular complexity index is 1090. The van der Waals surface area contributed by atoms with Gasteiger partial charge in [-0.05, 0) is 41.3 Å². The van der Waals surface area contributed by atoms with Crippen LogP contribution in [-0.4, -0.2) is 43.7 Å². The molecule has 2 aromatic rings. The lowest BCUT2D eigenvalue weighted by Crippen LogP contribution is -2.47. The van der Waals surface area contributed by atoms with Crippen LogP contribution in [0, 0.1) is 0 Å². The molecule has 3 rings (SSSR count). The molecule has 0 saturated carbocycles. The molecule has 1 heterocycles. The van der Waals surface area contributed by atoms with E-state index in [-0.39, 0.29) is 23.1 Å². The molecule has 1 atom stereocenters. The first kappa shape index (κ1) is 23.9. The topological polar surface area (TPSA) is 86.8 Å². The molecule has 0 aromatic heterocycles. The summed E-state index contributed by atoms with van der Waals surface area (Å²) in [4.78, 5) is 27.0. The van der Waals surface area contributed by atoms with E-state index in [0.717, 1.165) is 12.0 Å². The number of aryl methyl sites for hydroxylation is 1. The van der Waals surface area contributed by atoms with Gasteiger partial charge in [-0.15, -0.1) is 0 Å². The number of hydrogen-bond donors (Lipinski definition) is 1. The van der Waals surface area contributed by atoms with Gasteiger partial charge in [0.2, 0.25) is 21.8 Å². The van der Waals surface area contributed by atoms with E-state index in [0.29, 0.717) is 30.9 Å². The smallest absolute Gasteiger partial charge is 0.243 e. The number of carbonyl (C=O) groups is 2. The number of carbonyl (C=O) groups excluding carboxylic acids is 2. The van der Waals surface area contributed by atoms with Crippen LogP contribution in [0.4, 0.5) is 5.69 Å². The van der Waals surface area contributed by atoms with E-state index in [1.54, 1.807) is 26.0 Å². The van der Waals surface area contributed by atoms with Crippen LogP contribution in [0.5, 0.6) is 0 Å². The van der Waals surface area contributed by atoms with Crippen molar-refractivity contribution < 1.29 is 18.0 Å². The van der Waals surface area contributed by atoms with Crippen molar-refractivity contribution in [3.8, 4) is 0 Å². The zero-order valence-corrected chi connectivity index (χ0v) is 19.9. The monoisotopic (exact) mass is 457 g/mol. The van der Waals surface area contributed by atoms with Crippen molar-refractivity contribution in [3.63, 3.8) is 0 Å². The fourth-order valence-electron chi connectivity index (χ4n) is 4.10. The summed E-state index contributed by atoms with van der Waals surface area (Å²) in [6.07, 6.45) is 1.23. The molecule has 1 aliphatic heterocycles. The van der Waals surface area contributed by atoms with E-state index in [1.165, 1.54) is 27.8 Å². The Hall–Kier alpha value is -2.71. The summed E-state index contributed by atoms with van der Waals surface area (Å²) in [7, 11) is -3.62. The third-order valence-corrected chi connectivity index (χ3v) is 7.96. The fourth-order valence-corrected chi connectivity index (χ4v) is 5.61. The molecular weight excluding hydrogens is 426 g/mol. The molecule has 0 saturated heterocycles. The molecule has 0 aliphatic carbocycles. The Morgan fingerprint density at radius 3 is 2.22 bits per heavy atom. The first-order valence-electron chi connectivity index (χ1n) is 11.0. The van der Waals surface area contributed by atoms with Gasteiger partial charge in [-0.2, -0.15) is 4.31 Å². The van der Waals surface area contributed by atoms with Crippen LogP contribution in [0.2, 0.25) is 0 Å². The van der Waals surface area contributed by atoms with Gasteiger partial charge in [0.25, 0.3) is 0 Å². The minimum atomic E-state index is -3.62. The summed E-state index contributed by atoms with van der Waals surface area (Å²) >= 11 is 0. The Kier molecular flexibility index (Phi) is 7.36. The molecule has 1 aliphatic rings. The predicted molar refractivity (Wildman–Crippen MR) is 125 cm³/mol. The number of rotatable bonds is 8. The molecule has 0 spiro atoms. The molecule has 0 bridgehead atoms. The van der Waals surface area contributed by atoms with Gasteiger partial charge in [0.1, 0.15) is 6.04 Å². The number of nitrogens with one attached hydrogen (secondary N) is 1. The van der Waals surface area contributed by atoms with E-state index in [2.05, 4.69) is 12.2 Å². The number of hydrogen-bond acceptors (Lipinski definition) is 4. The van der Waals surface area contributed by atoms with E-state index in [1.807, 2.05) is 24.3 Å². The first-order valence-corrected chi connectivity index (χ1v) is 12.4. The Labute approximate surface area is 190 Å². The van der Waals surface area contributed by atoms with E-state index < -0.39 is 16.1 Å². The summed E-state index contributed by atoms with van der Waals surface area (Å²) in [6, 6.07) is 12.1. The zero-order valence-electron chi connectivity index (χ0n) is 19.1. The summed E-state index contributed by atoms with van der Waals surface area (Å²) in [5, 5.41) is 2.92. The van der Waals surface area contributed by atoms with Crippen molar-refractivity contribution in [1.29, 1.82) is 0 Å². The van der Waals surface area contributed by atoms with Crippen molar-refractivity contribution in [2.75, 3.05) is 18.0 Å². The molecule has 1 N–H and O–H groups in total. The zero-order chi connectivity index (χ0) is 23.5. The highest BCUT2D eigenvalue weighted by atomic mass is 32.2. The maximum atomic E-state index is 13.0. The Morgan fingerprint density at radius 2 is 1.66 bits per heavy atom. The standard InChI is InChI=1S/C24H31N3O4S/c1-5-18-8-10-19(11-9-18)16-25-24(29)23-15-20-14-21(32(30,31)26(6-2)7-3)12-13-22(20)27(23)17(4)28/h8-14,23H,5-7,15-16H2,1-4H3,(H,25,29)/t23-/m0/s1. The summed E-state index contributed by atoms with van der Waals surface area (Å²) in [6.45, 7) is 8.20. The predicted octanol–water partition coefficient (Wildman–Crippen LogP) is 2.87. The van der Waals surface area contributed by atoms with E-state index in [4.69, 9.17) is 0 Å². The lowest BCUT2D eigenvalue weighted by Gasteiger charge is -2.23. The quantitative estimate of drug-likeness (QED) is 0.660. The molecule has 8 heteroatoms. The van der Waals surface area contributed by atoms with Crippen LogP contribution in [0.1, 0.15) is 44.4 Å². The van der Waals surface area contributed by atoms with Gasteiger partial charge in [0.05, 0.1) is 4.90 Å². The van der Waals surface area contributed by atoms with Gasteiger partial charge in [-0.3, -0.25) is 14.5 Å². The van der Waals surface area contributed by atoms with Gasteiger partial charge in [-0.25, -0.2) is 8.42 Å². The largest absolute Gasteiger partial charge is 0.350 e. The van der Waals surface area contributed by atoms with Crippen LogP contribution >= 0.6 is 0 Å².